The third-order valence-corrected chi connectivity index (χ3v) is 3.80. The molecule has 2 nitrogen and oxygen atoms in total. The molecule has 1 aromatic rings. The lowest BCUT2D eigenvalue weighted by molar-refractivity contribution is 0.235. The molecule has 0 heterocycles. The molecular weight excluding hydrogens is 210 g/mol. The van der Waals surface area contributed by atoms with Gasteiger partial charge in [0, 0.05) is 12.0 Å². The second kappa shape index (κ2) is 5.54. The lowest BCUT2D eigenvalue weighted by Gasteiger charge is -2.42. The topological polar surface area (TPSA) is 21.3 Å². The van der Waals surface area contributed by atoms with E-state index in [-0.39, 0.29) is 0 Å². The molecule has 0 bridgehead atoms. The van der Waals surface area contributed by atoms with E-state index in [4.69, 9.17) is 4.74 Å². The molecule has 0 amide bonds. The summed E-state index contributed by atoms with van der Waals surface area (Å²) in [5.41, 5.74) is 1.86. The van der Waals surface area contributed by atoms with Crippen LogP contribution in [-0.4, -0.2) is 19.7 Å². The molecule has 0 unspecified atom stereocenters. The van der Waals surface area contributed by atoms with Crippen LogP contribution in [0.5, 0.6) is 5.75 Å². The lowest BCUT2D eigenvalue weighted by atomic mass is 9.64. The third-order valence-electron chi connectivity index (χ3n) is 3.80. The fraction of sp³-hybridized carbons (Fsp3) is 0.600. The summed E-state index contributed by atoms with van der Waals surface area (Å²) in [7, 11) is 0. The molecular formula is C15H23NO. The smallest absolute Gasteiger partial charge is 0.119 e. The van der Waals surface area contributed by atoms with Gasteiger partial charge in [-0.25, -0.2) is 0 Å². The van der Waals surface area contributed by atoms with Gasteiger partial charge in [0.15, 0.2) is 0 Å². The van der Waals surface area contributed by atoms with Gasteiger partial charge in [-0.2, -0.15) is 0 Å². The van der Waals surface area contributed by atoms with Crippen LogP contribution in [0.2, 0.25) is 0 Å². The van der Waals surface area contributed by atoms with Crippen molar-refractivity contribution in [3.05, 3.63) is 29.8 Å². The maximum Gasteiger partial charge on any atom is 0.119 e. The molecule has 1 aliphatic rings. The van der Waals surface area contributed by atoms with Gasteiger partial charge in [-0.1, -0.05) is 25.5 Å². The van der Waals surface area contributed by atoms with Gasteiger partial charge in [0.25, 0.3) is 0 Å². The zero-order chi connectivity index (χ0) is 12.1. The van der Waals surface area contributed by atoms with Crippen molar-refractivity contribution in [1.82, 2.24) is 5.32 Å². The Morgan fingerprint density at radius 3 is 2.35 bits per heavy atom. The average Bonchev–Trinajstić information content (AvgIpc) is 2.30. The van der Waals surface area contributed by atoms with Crippen LogP contribution in [-0.2, 0) is 5.41 Å². The molecule has 2 heteroatoms. The first kappa shape index (κ1) is 12.4. The van der Waals surface area contributed by atoms with Crippen LogP contribution >= 0.6 is 0 Å². The summed E-state index contributed by atoms with van der Waals surface area (Å²) in [6.07, 6.45) is 3.99. The Morgan fingerprint density at radius 1 is 1.18 bits per heavy atom. The average molecular weight is 233 g/mol. The van der Waals surface area contributed by atoms with Crippen molar-refractivity contribution in [2.75, 3.05) is 19.7 Å². The minimum atomic E-state index is 0.390. The van der Waals surface area contributed by atoms with Crippen LogP contribution < -0.4 is 10.1 Å². The maximum atomic E-state index is 5.49. The molecule has 1 aromatic carbocycles. The van der Waals surface area contributed by atoms with Crippen molar-refractivity contribution in [2.45, 2.75) is 38.5 Å². The number of likely N-dealkylation sites (N-methyl/N-ethyl adjacent to an activating group) is 1. The van der Waals surface area contributed by atoms with Crippen molar-refractivity contribution in [1.29, 1.82) is 0 Å². The highest BCUT2D eigenvalue weighted by Crippen LogP contribution is 2.43. The Kier molecular flexibility index (Phi) is 4.06. The molecule has 1 saturated carbocycles. The van der Waals surface area contributed by atoms with E-state index in [1.54, 1.807) is 0 Å². The quantitative estimate of drug-likeness (QED) is 0.815. The summed E-state index contributed by atoms with van der Waals surface area (Å²) in [4.78, 5) is 0. The van der Waals surface area contributed by atoms with Crippen LogP contribution in [0.15, 0.2) is 24.3 Å². The van der Waals surface area contributed by atoms with E-state index in [2.05, 4.69) is 36.5 Å². The van der Waals surface area contributed by atoms with Gasteiger partial charge in [-0.05, 0) is 44.0 Å². The van der Waals surface area contributed by atoms with Gasteiger partial charge in [-0.3, -0.25) is 0 Å². The zero-order valence-corrected chi connectivity index (χ0v) is 11.0. The molecule has 2 rings (SSSR count). The first-order chi connectivity index (χ1) is 8.30. The summed E-state index contributed by atoms with van der Waals surface area (Å²) >= 11 is 0. The largest absolute Gasteiger partial charge is 0.494 e. The second-order valence-electron chi connectivity index (χ2n) is 4.87. The van der Waals surface area contributed by atoms with Crippen LogP contribution in [0.1, 0.15) is 38.7 Å². The number of nitrogens with one attached hydrogen (secondary N) is 1. The normalized spacial score (nSPS) is 17.5. The van der Waals surface area contributed by atoms with Crippen molar-refractivity contribution in [2.24, 2.45) is 0 Å². The predicted molar refractivity (Wildman–Crippen MR) is 71.7 cm³/mol. The van der Waals surface area contributed by atoms with Gasteiger partial charge in [0.05, 0.1) is 6.61 Å². The van der Waals surface area contributed by atoms with E-state index in [1.807, 2.05) is 6.92 Å². The molecule has 0 spiro atoms. The Balaban J connectivity index is 2.08. The van der Waals surface area contributed by atoms with Crippen LogP contribution in [0.25, 0.3) is 0 Å². The van der Waals surface area contributed by atoms with Gasteiger partial charge in [0.2, 0.25) is 0 Å². The van der Waals surface area contributed by atoms with E-state index in [9.17, 15) is 0 Å². The van der Waals surface area contributed by atoms with Gasteiger partial charge < -0.3 is 10.1 Å². The van der Waals surface area contributed by atoms with E-state index in [1.165, 1.54) is 24.8 Å². The molecule has 17 heavy (non-hydrogen) atoms. The minimum absolute atomic E-state index is 0.390. The zero-order valence-electron chi connectivity index (χ0n) is 11.0. The summed E-state index contributed by atoms with van der Waals surface area (Å²) in [6, 6.07) is 8.68. The lowest BCUT2D eigenvalue weighted by Crippen LogP contribution is -2.43. The molecule has 0 aliphatic heterocycles. The summed E-state index contributed by atoms with van der Waals surface area (Å²) in [5.74, 6) is 0.981. The minimum Gasteiger partial charge on any atom is -0.494 e. The first-order valence-corrected chi connectivity index (χ1v) is 6.75. The predicted octanol–water partition coefficient (Wildman–Crippen LogP) is 3.12. The van der Waals surface area contributed by atoms with E-state index in [0.29, 0.717) is 5.41 Å². The molecule has 0 aromatic heterocycles. The molecule has 94 valence electrons. The third kappa shape index (κ3) is 2.63. The van der Waals surface area contributed by atoms with E-state index < -0.39 is 0 Å². The van der Waals surface area contributed by atoms with Crippen molar-refractivity contribution in [3.63, 3.8) is 0 Å². The first-order valence-electron chi connectivity index (χ1n) is 6.75. The monoisotopic (exact) mass is 233 g/mol. The van der Waals surface area contributed by atoms with Crippen molar-refractivity contribution in [3.8, 4) is 5.75 Å². The fourth-order valence-corrected chi connectivity index (χ4v) is 2.61. The van der Waals surface area contributed by atoms with Gasteiger partial charge in [0.1, 0.15) is 5.75 Å². The Morgan fingerprint density at radius 2 is 1.88 bits per heavy atom. The Bertz CT molecular complexity index is 340. The van der Waals surface area contributed by atoms with Crippen molar-refractivity contribution < 1.29 is 4.74 Å². The highest BCUT2D eigenvalue weighted by Gasteiger charge is 2.37. The second-order valence-corrected chi connectivity index (χ2v) is 4.87. The van der Waals surface area contributed by atoms with Crippen molar-refractivity contribution >= 4 is 0 Å². The summed E-state index contributed by atoms with van der Waals surface area (Å²) in [5, 5.41) is 3.50. The standard InChI is InChI=1S/C15H23NO/c1-3-16-12-15(10-5-11-15)13-6-8-14(9-7-13)17-4-2/h6-9,16H,3-5,10-12H2,1-2H3. The number of hydrogen-bond acceptors (Lipinski definition) is 2. The number of rotatable bonds is 6. The molecule has 1 N–H and O–H groups in total. The number of ether oxygens (including phenoxy) is 1. The van der Waals surface area contributed by atoms with E-state index >= 15 is 0 Å². The van der Waals surface area contributed by atoms with Crippen LogP contribution in [0, 0.1) is 0 Å². The van der Waals surface area contributed by atoms with Gasteiger partial charge >= 0.3 is 0 Å². The number of hydrogen-bond donors (Lipinski definition) is 1. The van der Waals surface area contributed by atoms with Crippen LogP contribution in [0.4, 0.5) is 0 Å². The summed E-state index contributed by atoms with van der Waals surface area (Å²) < 4.78 is 5.49. The number of benzene rings is 1. The highest BCUT2D eigenvalue weighted by atomic mass is 16.5. The Hall–Kier alpha value is -1.02. The molecule has 0 saturated heterocycles. The van der Waals surface area contributed by atoms with E-state index in [0.717, 1.165) is 25.4 Å². The fourth-order valence-electron chi connectivity index (χ4n) is 2.61. The molecule has 0 atom stereocenters. The molecule has 1 aliphatic carbocycles. The maximum absolute atomic E-state index is 5.49. The van der Waals surface area contributed by atoms with Crippen LogP contribution in [0.3, 0.4) is 0 Å². The highest BCUT2D eigenvalue weighted by molar-refractivity contribution is 5.34. The SMILES string of the molecule is CCNCC1(c2ccc(OCC)cc2)CCC1. The molecule has 0 radical (unpaired) electrons. The summed E-state index contributed by atoms with van der Waals surface area (Å²) in [6.45, 7) is 7.09. The van der Waals surface area contributed by atoms with Gasteiger partial charge in [-0.15, -0.1) is 0 Å². The Labute approximate surface area is 104 Å². The molecule has 1 fully saturated rings.